The highest BCUT2D eigenvalue weighted by atomic mass is 35.5. The van der Waals surface area contributed by atoms with Gasteiger partial charge in [-0.15, -0.1) is 11.3 Å². The Morgan fingerprint density at radius 2 is 1.88 bits per heavy atom. The molecule has 0 radical (unpaired) electrons. The van der Waals surface area contributed by atoms with Crippen molar-refractivity contribution in [1.82, 2.24) is 10.4 Å². The topological polar surface area (TPSA) is 75.6 Å². The monoisotopic (exact) mass is 490 g/mol. The largest absolute Gasteiger partial charge is 0.493 e. The van der Waals surface area contributed by atoms with Crippen molar-refractivity contribution in [2.45, 2.75) is 13.8 Å². The Morgan fingerprint density at radius 1 is 1.12 bits per heavy atom. The molecular weight excluding hydrogens is 468 g/mol. The molecule has 8 heteroatoms. The summed E-state index contributed by atoms with van der Waals surface area (Å²) in [5, 5.41) is 10.7. The van der Waals surface area contributed by atoms with Crippen LogP contribution < -0.4 is 15.5 Å². The average molecular weight is 491 g/mol. The highest BCUT2D eigenvalue weighted by Gasteiger charge is 2.09. The van der Waals surface area contributed by atoms with E-state index in [4.69, 9.17) is 16.3 Å². The molecule has 0 fully saturated rings. The molecule has 1 heterocycles. The average Bonchev–Trinajstić information content (AvgIpc) is 3.31. The number of ether oxygens (including phenoxy) is 1. The van der Waals surface area contributed by atoms with Crippen molar-refractivity contribution in [2.75, 3.05) is 11.9 Å². The SMILES string of the molecule is CCOc1ccc(Cl)cc1/C=N\NC(=O)c1ccc(-c2csc(Nc3ccc(C)cc3)n2)cc1. The summed E-state index contributed by atoms with van der Waals surface area (Å²) in [6, 6.07) is 20.6. The number of hydrogen-bond acceptors (Lipinski definition) is 6. The molecule has 0 bridgehead atoms. The summed E-state index contributed by atoms with van der Waals surface area (Å²) >= 11 is 7.58. The molecule has 34 heavy (non-hydrogen) atoms. The minimum atomic E-state index is -0.317. The van der Waals surface area contributed by atoms with Gasteiger partial charge in [0.2, 0.25) is 0 Å². The van der Waals surface area contributed by atoms with Crippen LogP contribution in [0.4, 0.5) is 10.8 Å². The van der Waals surface area contributed by atoms with Crippen LogP contribution in [0.5, 0.6) is 5.75 Å². The number of aryl methyl sites for hydroxylation is 1. The summed E-state index contributed by atoms with van der Waals surface area (Å²) in [5.74, 6) is 0.330. The second-order valence-electron chi connectivity index (χ2n) is 7.42. The predicted octanol–water partition coefficient (Wildman–Crippen LogP) is 6.68. The number of nitrogens with zero attached hydrogens (tertiary/aromatic N) is 2. The molecule has 0 aliphatic rings. The maximum atomic E-state index is 12.5. The Labute approximate surface area is 207 Å². The lowest BCUT2D eigenvalue weighted by Crippen LogP contribution is -2.17. The fourth-order valence-corrected chi connectivity index (χ4v) is 4.07. The number of hydrazone groups is 1. The number of halogens is 1. The zero-order valence-corrected chi connectivity index (χ0v) is 20.3. The van der Waals surface area contributed by atoms with Gasteiger partial charge in [-0.25, -0.2) is 10.4 Å². The number of anilines is 2. The summed E-state index contributed by atoms with van der Waals surface area (Å²) in [7, 11) is 0. The second-order valence-corrected chi connectivity index (χ2v) is 8.72. The summed E-state index contributed by atoms with van der Waals surface area (Å²) in [6.45, 7) is 4.47. The summed E-state index contributed by atoms with van der Waals surface area (Å²) < 4.78 is 5.56. The van der Waals surface area contributed by atoms with Gasteiger partial charge < -0.3 is 10.1 Å². The lowest BCUT2D eigenvalue weighted by molar-refractivity contribution is 0.0955. The molecule has 0 aliphatic heterocycles. The zero-order chi connectivity index (χ0) is 23.9. The number of thiazole rings is 1. The van der Waals surface area contributed by atoms with Gasteiger partial charge in [-0.3, -0.25) is 4.79 Å². The van der Waals surface area contributed by atoms with Crippen molar-refractivity contribution in [2.24, 2.45) is 5.10 Å². The zero-order valence-electron chi connectivity index (χ0n) is 18.7. The third-order valence-electron chi connectivity index (χ3n) is 4.89. The van der Waals surface area contributed by atoms with Gasteiger partial charge in [-0.2, -0.15) is 5.10 Å². The summed E-state index contributed by atoms with van der Waals surface area (Å²) in [6.07, 6.45) is 1.51. The molecule has 0 saturated carbocycles. The predicted molar refractivity (Wildman–Crippen MR) is 140 cm³/mol. The second kappa shape index (κ2) is 11.0. The first-order chi connectivity index (χ1) is 16.5. The number of nitrogens with one attached hydrogen (secondary N) is 2. The standard InChI is InChI=1S/C26H23ClN4O2S/c1-3-33-24-13-10-21(27)14-20(24)15-28-31-25(32)19-8-6-18(7-9-19)23-16-34-26(30-23)29-22-11-4-17(2)5-12-22/h4-16H,3H2,1-2H3,(H,29,30)(H,31,32)/b28-15-. The normalized spacial score (nSPS) is 10.9. The van der Waals surface area contributed by atoms with E-state index in [1.165, 1.54) is 23.1 Å². The van der Waals surface area contributed by atoms with Crippen LogP contribution in [0.25, 0.3) is 11.3 Å². The minimum absolute atomic E-state index is 0.317. The molecule has 6 nitrogen and oxygen atoms in total. The molecule has 0 aliphatic carbocycles. The Balaban J connectivity index is 1.38. The van der Waals surface area contributed by atoms with Crippen LogP contribution in [0.3, 0.4) is 0 Å². The Hall–Kier alpha value is -3.68. The van der Waals surface area contributed by atoms with E-state index in [0.717, 1.165) is 22.1 Å². The Kier molecular flexibility index (Phi) is 7.57. The number of rotatable bonds is 8. The summed E-state index contributed by atoms with van der Waals surface area (Å²) in [4.78, 5) is 17.1. The van der Waals surface area contributed by atoms with E-state index in [1.807, 2.05) is 36.6 Å². The van der Waals surface area contributed by atoms with E-state index in [9.17, 15) is 4.79 Å². The Bertz CT molecular complexity index is 1300. The van der Waals surface area contributed by atoms with Crippen LogP contribution in [-0.2, 0) is 0 Å². The van der Waals surface area contributed by atoms with Crippen LogP contribution in [0.2, 0.25) is 5.02 Å². The molecule has 4 aromatic rings. The number of carbonyl (C=O) groups excluding carboxylic acids is 1. The lowest BCUT2D eigenvalue weighted by atomic mass is 10.1. The number of benzene rings is 3. The third-order valence-corrected chi connectivity index (χ3v) is 5.88. The molecule has 0 unspecified atom stereocenters. The summed E-state index contributed by atoms with van der Waals surface area (Å²) in [5.41, 5.74) is 7.68. The van der Waals surface area contributed by atoms with Gasteiger partial charge in [0.25, 0.3) is 5.91 Å². The highest BCUT2D eigenvalue weighted by molar-refractivity contribution is 7.14. The molecule has 172 valence electrons. The fourth-order valence-electron chi connectivity index (χ4n) is 3.15. The number of carbonyl (C=O) groups is 1. The van der Waals surface area contributed by atoms with Gasteiger partial charge in [0, 0.05) is 32.8 Å². The number of amides is 1. The molecule has 0 spiro atoms. The molecule has 3 aromatic carbocycles. The van der Waals surface area contributed by atoms with E-state index >= 15 is 0 Å². The van der Waals surface area contributed by atoms with Crippen molar-refractivity contribution in [3.8, 4) is 17.0 Å². The first-order valence-electron chi connectivity index (χ1n) is 10.7. The van der Waals surface area contributed by atoms with Gasteiger partial charge in [-0.05, 0) is 56.3 Å². The van der Waals surface area contributed by atoms with Gasteiger partial charge in [0.1, 0.15) is 5.75 Å². The van der Waals surface area contributed by atoms with Crippen molar-refractivity contribution in [3.63, 3.8) is 0 Å². The maximum Gasteiger partial charge on any atom is 0.271 e. The third kappa shape index (κ3) is 6.01. The quantitative estimate of drug-likeness (QED) is 0.213. The highest BCUT2D eigenvalue weighted by Crippen LogP contribution is 2.27. The number of aromatic nitrogens is 1. The van der Waals surface area contributed by atoms with E-state index in [-0.39, 0.29) is 5.91 Å². The van der Waals surface area contributed by atoms with E-state index in [2.05, 4.69) is 39.9 Å². The first-order valence-corrected chi connectivity index (χ1v) is 11.9. The van der Waals surface area contributed by atoms with E-state index in [1.54, 1.807) is 30.3 Å². The molecule has 1 aromatic heterocycles. The van der Waals surface area contributed by atoms with Gasteiger partial charge >= 0.3 is 0 Å². The molecule has 1 amide bonds. The van der Waals surface area contributed by atoms with Gasteiger partial charge in [0.15, 0.2) is 5.13 Å². The van der Waals surface area contributed by atoms with Crippen LogP contribution in [-0.4, -0.2) is 23.7 Å². The molecule has 0 saturated heterocycles. The van der Waals surface area contributed by atoms with Crippen molar-refractivity contribution in [1.29, 1.82) is 0 Å². The van der Waals surface area contributed by atoms with E-state index < -0.39 is 0 Å². The maximum absolute atomic E-state index is 12.5. The molecular formula is C26H23ClN4O2S. The number of hydrogen-bond donors (Lipinski definition) is 2. The van der Waals surface area contributed by atoms with Crippen LogP contribution in [0.1, 0.15) is 28.4 Å². The van der Waals surface area contributed by atoms with Gasteiger partial charge in [-0.1, -0.05) is 41.4 Å². The first kappa shape index (κ1) is 23.5. The van der Waals surface area contributed by atoms with Crippen molar-refractivity contribution >= 4 is 45.9 Å². The lowest BCUT2D eigenvalue weighted by Gasteiger charge is -2.07. The molecule has 4 rings (SSSR count). The van der Waals surface area contributed by atoms with Crippen molar-refractivity contribution in [3.05, 3.63) is 93.8 Å². The fraction of sp³-hybridized carbons (Fsp3) is 0.115. The van der Waals surface area contributed by atoms with E-state index in [0.29, 0.717) is 28.5 Å². The van der Waals surface area contributed by atoms with Crippen LogP contribution >= 0.6 is 22.9 Å². The van der Waals surface area contributed by atoms with Gasteiger partial charge in [0.05, 0.1) is 18.5 Å². The molecule has 0 atom stereocenters. The Morgan fingerprint density at radius 3 is 2.62 bits per heavy atom. The van der Waals surface area contributed by atoms with Crippen LogP contribution in [0, 0.1) is 6.92 Å². The smallest absolute Gasteiger partial charge is 0.271 e. The van der Waals surface area contributed by atoms with Crippen molar-refractivity contribution < 1.29 is 9.53 Å². The molecule has 2 N–H and O–H groups in total. The van der Waals surface area contributed by atoms with Crippen LogP contribution in [0.15, 0.2) is 77.2 Å². The minimum Gasteiger partial charge on any atom is -0.493 e.